The lowest BCUT2D eigenvalue weighted by Crippen LogP contribution is -2.59. The summed E-state index contributed by atoms with van der Waals surface area (Å²) >= 11 is 0. The summed E-state index contributed by atoms with van der Waals surface area (Å²) in [6.07, 6.45) is 14.0. The summed E-state index contributed by atoms with van der Waals surface area (Å²) in [6, 6.07) is 3.75. The number of unbranched alkanes of at least 4 members (excludes halogenated alkanes) is 10. The number of carboxylic acids is 1. The Bertz CT molecular complexity index is 2590. The van der Waals surface area contributed by atoms with Crippen molar-refractivity contribution < 1.29 is 63.0 Å². The van der Waals surface area contributed by atoms with Crippen LogP contribution < -0.4 is 53.6 Å². The monoisotopic (exact) mass is 1130 g/mol. The van der Waals surface area contributed by atoms with Crippen molar-refractivity contribution in [3.63, 3.8) is 0 Å². The van der Waals surface area contributed by atoms with E-state index in [0.717, 1.165) is 35.7 Å². The number of carbonyl (C=O) groups is 11. The Morgan fingerprint density at radius 1 is 0.531 bits per heavy atom. The zero-order chi connectivity index (χ0) is 60.0. The van der Waals surface area contributed by atoms with Crippen LogP contribution in [0.3, 0.4) is 0 Å². The molecule has 446 valence electrons. The maximum atomic E-state index is 13.6. The largest absolute Gasteiger partial charge is 0.508 e. The number of phenols is 1. The molecule has 81 heavy (non-hydrogen) atoms. The Balaban J connectivity index is 1.54. The molecule has 0 radical (unpaired) electrons. The number of para-hydroxylation sites is 1. The molecule has 24 heteroatoms. The van der Waals surface area contributed by atoms with E-state index in [9.17, 15) is 63.0 Å². The van der Waals surface area contributed by atoms with Gasteiger partial charge in [0.25, 0.3) is 0 Å². The summed E-state index contributed by atoms with van der Waals surface area (Å²) in [4.78, 5) is 147. The number of phenolic OH excluding ortho intramolecular Hbond substituents is 1. The number of H-pyrrole nitrogens is 1. The number of hydrogen-bond donors (Lipinski definition) is 13. The van der Waals surface area contributed by atoms with E-state index in [2.05, 4.69) is 59.8 Å². The molecular formula is C57H85N11O13. The zero-order valence-corrected chi connectivity index (χ0v) is 47.5. The first kappa shape index (κ1) is 67.2. The third-order valence-corrected chi connectivity index (χ3v) is 13.7. The van der Waals surface area contributed by atoms with E-state index < -0.39 is 127 Å². The zero-order valence-electron chi connectivity index (χ0n) is 47.5. The minimum absolute atomic E-state index is 0.0805. The van der Waals surface area contributed by atoms with Gasteiger partial charge in [-0.2, -0.15) is 0 Å². The number of aliphatic carboxylic acids is 1. The molecule has 3 aromatic rings. The Labute approximate surface area is 473 Å². The number of nitrogens with two attached hydrogens (primary N) is 1. The van der Waals surface area contributed by atoms with Crippen molar-refractivity contribution in [2.24, 2.45) is 11.7 Å². The fraction of sp³-hybridized carbons (Fsp3) is 0.561. The lowest BCUT2D eigenvalue weighted by Gasteiger charge is -2.26. The van der Waals surface area contributed by atoms with E-state index in [1.807, 2.05) is 24.3 Å². The number of aromatic amines is 1. The topological polar surface area (TPSA) is 378 Å². The van der Waals surface area contributed by atoms with E-state index in [0.29, 0.717) is 18.4 Å². The molecule has 0 aliphatic carbocycles. The second kappa shape index (κ2) is 35.5. The fourth-order valence-electron chi connectivity index (χ4n) is 8.61. The highest BCUT2D eigenvalue weighted by molar-refractivity contribution is 5.98. The van der Waals surface area contributed by atoms with E-state index in [1.165, 1.54) is 90.0 Å². The van der Waals surface area contributed by atoms with Gasteiger partial charge in [0.05, 0.1) is 19.5 Å². The van der Waals surface area contributed by atoms with E-state index in [4.69, 9.17) is 5.73 Å². The maximum absolute atomic E-state index is 13.6. The van der Waals surface area contributed by atoms with E-state index in [1.54, 1.807) is 20.0 Å². The van der Waals surface area contributed by atoms with Gasteiger partial charge in [-0.3, -0.25) is 52.7 Å². The molecule has 1 heterocycles. The Morgan fingerprint density at radius 2 is 1.06 bits per heavy atom. The van der Waals surface area contributed by atoms with E-state index in [-0.39, 0.29) is 30.9 Å². The minimum atomic E-state index is -1.68. The highest BCUT2D eigenvalue weighted by atomic mass is 16.4. The van der Waals surface area contributed by atoms with Crippen LogP contribution in [0.4, 0.5) is 0 Å². The number of fused-ring (bicyclic) bond motifs is 1. The number of rotatable bonds is 38. The normalized spacial score (nSPS) is 14.0. The van der Waals surface area contributed by atoms with Crippen LogP contribution in [0.15, 0.2) is 54.7 Å². The molecule has 0 bridgehead atoms. The van der Waals surface area contributed by atoms with Gasteiger partial charge in [-0.05, 0) is 62.4 Å². The van der Waals surface area contributed by atoms with Crippen LogP contribution in [0.5, 0.6) is 5.75 Å². The van der Waals surface area contributed by atoms with Crippen molar-refractivity contribution >= 4 is 75.9 Å². The van der Waals surface area contributed by atoms with Crippen molar-refractivity contribution in [3.8, 4) is 5.75 Å². The fourth-order valence-corrected chi connectivity index (χ4v) is 8.61. The molecule has 0 aliphatic rings. The summed E-state index contributed by atoms with van der Waals surface area (Å²) in [5, 5.41) is 42.2. The predicted octanol–water partition coefficient (Wildman–Crippen LogP) is 2.05. The first-order chi connectivity index (χ1) is 38.5. The molecule has 10 amide bonds. The predicted molar refractivity (Wildman–Crippen MR) is 302 cm³/mol. The Morgan fingerprint density at radius 3 is 1.67 bits per heavy atom. The summed E-state index contributed by atoms with van der Waals surface area (Å²) < 4.78 is 0. The van der Waals surface area contributed by atoms with Crippen LogP contribution in [0.25, 0.3) is 10.9 Å². The second-order valence-corrected chi connectivity index (χ2v) is 20.6. The minimum Gasteiger partial charge on any atom is -0.508 e. The van der Waals surface area contributed by atoms with Gasteiger partial charge in [0.2, 0.25) is 59.1 Å². The van der Waals surface area contributed by atoms with Crippen molar-refractivity contribution in [3.05, 3.63) is 65.9 Å². The molecular weight excluding hydrogens is 1050 g/mol. The van der Waals surface area contributed by atoms with Crippen LogP contribution in [0, 0.1) is 5.92 Å². The molecule has 8 atom stereocenters. The molecule has 0 unspecified atom stereocenters. The number of carbonyl (C=O) groups excluding carboxylic acids is 10. The van der Waals surface area contributed by atoms with Gasteiger partial charge in [-0.15, -0.1) is 0 Å². The van der Waals surface area contributed by atoms with Gasteiger partial charge in [-0.25, -0.2) is 0 Å². The average molecular weight is 1130 g/mol. The Hall–Kier alpha value is -8.05. The number of carboxylic acid groups (broad SMARTS) is 1. The first-order valence-electron chi connectivity index (χ1n) is 28.0. The third kappa shape index (κ3) is 24.9. The van der Waals surface area contributed by atoms with Crippen LogP contribution in [0.1, 0.15) is 143 Å². The quantitative estimate of drug-likeness (QED) is 0.0366. The molecule has 0 spiro atoms. The standard InChI is InChI=1S/C57H85N11O13/c1-7-9-10-11-12-13-14-15-16-17-18-23-47(71)65-44(29-39-31-59-42-22-20-19-21-41(39)42)53(76)61-32-48(72)60-33-49(73)68-50(34(3)8-2)56(79)63-35(4)51(74)62-36(5)52(75)66-45(30-46(58)70)55(78)67-43(54(77)64-37(6)57(80)81)28-38-24-26-40(69)27-25-38/h19-22,24-27,31,34-37,43-45,50,59,69H,7-18,23,28-30,32-33H2,1-6H3,(H2,58,70)(H,60,72)(H,61,76)(H,62,74)(H,63,79)(H,64,77)(H,65,71)(H,66,75)(H,67,78)(H,68,73)(H,80,81)/t34-,35-,36-,37-,43-,44-,45-,50-/m0/s1. The number of nitrogens with one attached hydrogen (secondary N) is 10. The van der Waals surface area contributed by atoms with Crippen LogP contribution >= 0.6 is 0 Å². The highest BCUT2D eigenvalue weighted by Crippen LogP contribution is 2.20. The number of hydrogen-bond acceptors (Lipinski definition) is 12. The van der Waals surface area contributed by atoms with Crippen LogP contribution in [0.2, 0.25) is 0 Å². The van der Waals surface area contributed by atoms with Gasteiger partial charge in [0.1, 0.15) is 48.0 Å². The Kier molecular flexibility index (Phi) is 29.5. The third-order valence-electron chi connectivity index (χ3n) is 13.7. The molecule has 0 saturated carbocycles. The highest BCUT2D eigenvalue weighted by Gasteiger charge is 2.33. The van der Waals surface area contributed by atoms with Crippen molar-refractivity contribution in [1.82, 2.24) is 52.8 Å². The molecule has 14 N–H and O–H groups in total. The lowest BCUT2D eigenvalue weighted by molar-refractivity contribution is -0.142. The summed E-state index contributed by atoms with van der Waals surface area (Å²) in [5.41, 5.74) is 7.48. The van der Waals surface area contributed by atoms with E-state index >= 15 is 0 Å². The van der Waals surface area contributed by atoms with Crippen molar-refractivity contribution in [1.29, 1.82) is 0 Å². The molecule has 2 aromatic carbocycles. The van der Waals surface area contributed by atoms with Crippen LogP contribution in [-0.2, 0) is 65.6 Å². The molecule has 0 saturated heterocycles. The van der Waals surface area contributed by atoms with Gasteiger partial charge < -0.3 is 68.8 Å². The lowest BCUT2D eigenvalue weighted by atomic mass is 9.98. The molecule has 24 nitrogen and oxygen atoms in total. The smallest absolute Gasteiger partial charge is 0.325 e. The van der Waals surface area contributed by atoms with Crippen molar-refractivity contribution in [2.75, 3.05) is 13.1 Å². The van der Waals surface area contributed by atoms with Crippen LogP contribution in [-0.4, -0.2) is 136 Å². The molecule has 3 rings (SSSR count). The number of aromatic nitrogens is 1. The molecule has 1 aromatic heterocycles. The summed E-state index contributed by atoms with van der Waals surface area (Å²) in [7, 11) is 0. The van der Waals surface area contributed by atoms with Gasteiger partial charge in [-0.1, -0.05) is 122 Å². The average Bonchev–Trinajstić information content (AvgIpc) is 3.87. The van der Waals surface area contributed by atoms with Gasteiger partial charge in [0.15, 0.2) is 0 Å². The molecule has 0 aliphatic heterocycles. The number of aromatic hydroxyl groups is 1. The molecule has 0 fully saturated rings. The summed E-state index contributed by atoms with van der Waals surface area (Å²) in [5.74, 6) is -9.91. The SMILES string of the molecule is CCCCCCCCCCCCCC(=O)N[C@@H](Cc1c[nH]c2ccccc12)C(=O)NCC(=O)NCC(=O)N[C@H](C(=O)N[C@@H](C)C(=O)N[C@@H](C)C(=O)N[C@@H](CC(N)=O)C(=O)N[C@@H](Cc1ccc(O)cc1)C(=O)N[C@@H](C)C(=O)O)[C@@H](C)CC. The second-order valence-electron chi connectivity index (χ2n) is 20.6. The van der Waals surface area contributed by atoms with Gasteiger partial charge in [0, 0.05) is 36.4 Å². The number of benzene rings is 2. The number of primary amides is 1. The maximum Gasteiger partial charge on any atom is 0.325 e. The van der Waals surface area contributed by atoms with Gasteiger partial charge >= 0.3 is 5.97 Å². The summed E-state index contributed by atoms with van der Waals surface area (Å²) in [6.45, 7) is 8.29. The van der Waals surface area contributed by atoms with Crippen molar-refractivity contribution in [2.45, 2.75) is 187 Å². The number of amides is 10. The first-order valence-corrected chi connectivity index (χ1v) is 28.0.